The number of ether oxygens (including phenoxy) is 1. The second kappa shape index (κ2) is 16.6. The number of carbonyl (C=O) groups is 2. The number of amides is 2. The van der Waals surface area contributed by atoms with Gasteiger partial charge in [0.25, 0.3) is 11.8 Å². The molecular formula is C32H46F2N4O4. The van der Waals surface area contributed by atoms with Crippen LogP contribution in [0.4, 0.5) is 8.78 Å². The number of benzene rings is 2. The Bertz CT molecular complexity index is 1150. The average Bonchev–Trinajstić information content (AvgIpc) is 2.95. The van der Waals surface area contributed by atoms with Gasteiger partial charge in [0.05, 0.1) is 24.9 Å². The molecule has 0 spiro atoms. The molecule has 0 bridgehead atoms. The third-order valence-electron chi connectivity index (χ3n) is 7.47. The van der Waals surface area contributed by atoms with Crippen LogP contribution < -0.4 is 16.0 Å². The molecule has 8 nitrogen and oxygen atoms in total. The van der Waals surface area contributed by atoms with Crippen molar-refractivity contribution >= 4 is 11.8 Å². The van der Waals surface area contributed by atoms with E-state index in [2.05, 4.69) is 16.0 Å². The molecule has 0 saturated carbocycles. The highest BCUT2D eigenvalue weighted by Crippen LogP contribution is 2.21. The van der Waals surface area contributed by atoms with E-state index < -0.39 is 35.7 Å². The number of rotatable bonds is 15. The molecule has 1 aliphatic heterocycles. The normalized spacial score (nSPS) is 18.4. The van der Waals surface area contributed by atoms with Crippen LogP contribution in [0.1, 0.15) is 71.4 Å². The molecular weight excluding hydrogens is 542 g/mol. The summed E-state index contributed by atoms with van der Waals surface area (Å²) in [6.45, 7) is 8.95. The summed E-state index contributed by atoms with van der Waals surface area (Å²) in [5, 5.41) is 20.8. The van der Waals surface area contributed by atoms with Gasteiger partial charge < -0.3 is 30.7 Å². The summed E-state index contributed by atoms with van der Waals surface area (Å²) in [4.78, 5) is 28.7. The van der Waals surface area contributed by atoms with E-state index in [9.17, 15) is 23.5 Å². The molecule has 1 aliphatic rings. The zero-order valence-electron chi connectivity index (χ0n) is 25.2. The molecule has 232 valence electrons. The van der Waals surface area contributed by atoms with Crippen LogP contribution in [0.3, 0.4) is 0 Å². The van der Waals surface area contributed by atoms with E-state index in [1.807, 2.05) is 27.8 Å². The van der Waals surface area contributed by atoms with Crippen molar-refractivity contribution in [3.63, 3.8) is 0 Å². The lowest BCUT2D eigenvalue weighted by atomic mass is 9.90. The number of hydrogen-bond donors (Lipinski definition) is 4. The molecule has 1 saturated heterocycles. The third kappa shape index (κ3) is 9.83. The smallest absolute Gasteiger partial charge is 0.253 e. The Morgan fingerprint density at radius 2 is 1.74 bits per heavy atom. The molecule has 2 aromatic carbocycles. The maximum atomic E-state index is 14.0. The third-order valence-corrected chi connectivity index (χ3v) is 7.47. The monoisotopic (exact) mass is 588 g/mol. The number of aryl methyl sites for hydroxylation is 1. The molecule has 1 heterocycles. The molecule has 10 heteroatoms. The Morgan fingerprint density at radius 1 is 1.07 bits per heavy atom. The van der Waals surface area contributed by atoms with Crippen molar-refractivity contribution in [3.8, 4) is 0 Å². The molecule has 0 aromatic heterocycles. The van der Waals surface area contributed by atoms with Crippen LogP contribution in [0.2, 0.25) is 0 Å². The average molecular weight is 589 g/mol. The summed E-state index contributed by atoms with van der Waals surface area (Å²) < 4.78 is 34.0. The Hall–Kier alpha value is -2.92. The highest BCUT2D eigenvalue weighted by molar-refractivity contribution is 6.00. The molecule has 1 fully saturated rings. The lowest BCUT2D eigenvalue weighted by Crippen LogP contribution is -2.57. The van der Waals surface area contributed by atoms with Gasteiger partial charge in [0.1, 0.15) is 11.6 Å². The SMILES string of the molecule is CCCN(CCC)C(=O)c1cc(C)cc(C(=O)N[C@@H](Cc2cc(F)cc(F)c2)[C@H](O)[C@H]2C[C@@H](OCCNC)CCN2)c1. The molecule has 0 unspecified atom stereocenters. The second-order valence-electron chi connectivity index (χ2n) is 11.1. The molecule has 0 radical (unpaired) electrons. The summed E-state index contributed by atoms with van der Waals surface area (Å²) in [7, 11) is 1.85. The molecule has 4 N–H and O–H groups in total. The summed E-state index contributed by atoms with van der Waals surface area (Å²) in [6, 6.07) is 6.93. The molecule has 0 aliphatic carbocycles. The van der Waals surface area contributed by atoms with Crippen LogP contribution in [-0.2, 0) is 11.2 Å². The lowest BCUT2D eigenvalue weighted by molar-refractivity contribution is -0.00606. The van der Waals surface area contributed by atoms with E-state index in [0.717, 1.165) is 30.9 Å². The largest absolute Gasteiger partial charge is 0.389 e. The van der Waals surface area contributed by atoms with Crippen molar-refractivity contribution in [2.24, 2.45) is 0 Å². The molecule has 2 aromatic rings. The van der Waals surface area contributed by atoms with Gasteiger partial charge in [-0.25, -0.2) is 8.78 Å². The number of piperidine rings is 1. The zero-order valence-corrected chi connectivity index (χ0v) is 25.2. The zero-order chi connectivity index (χ0) is 30.6. The van der Waals surface area contributed by atoms with Crippen molar-refractivity contribution in [1.29, 1.82) is 0 Å². The summed E-state index contributed by atoms with van der Waals surface area (Å²) in [5.41, 5.74) is 1.75. The van der Waals surface area contributed by atoms with Gasteiger partial charge in [-0.15, -0.1) is 0 Å². The van der Waals surface area contributed by atoms with E-state index >= 15 is 0 Å². The molecule has 4 atom stereocenters. The van der Waals surface area contributed by atoms with E-state index in [1.54, 1.807) is 23.1 Å². The minimum Gasteiger partial charge on any atom is -0.389 e. The van der Waals surface area contributed by atoms with Crippen LogP contribution in [0.5, 0.6) is 0 Å². The van der Waals surface area contributed by atoms with Gasteiger partial charge in [0, 0.05) is 42.9 Å². The van der Waals surface area contributed by atoms with Crippen molar-refractivity contribution in [2.75, 3.05) is 39.8 Å². The van der Waals surface area contributed by atoms with Crippen LogP contribution in [0.25, 0.3) is 0 Å². The number of halogens is 2. The number of nitrogens with zero attached hydrogens (tertiary/aromatic N) is 1. The van der Waals surface area contributed by atoms with Gasteiger partial charge >= 0.3 is 0 Å². The number of likely N-dealkylation sites (N-methyl/N-ethyl adjacent to an activating group) is 1. The van der Waals surface area contributed by atoms with Gasteiger partial charge in [-0.1, -0.05) is 13.8 Å². The Labute approximate surface area is 248 Å². The summed E-state index contributed by atoms with van der Waals surface area (Å²) in [5.74, 6) is -2.09. The first kappa shape index (κ1) is 33.6. The Morgan fingerprint density at radius 3 is 2.38 bits per heavy atom. The van der Waals surface area contributed by atoms with Gasteiger partial charge in [0.2, 0.25) is 0 Å². The first-order valence-corrected chi connectivity index (χ1v) is 15.0. The van der Waals surface area contributed by atoms with Crippen molar-refractivity contribution in [2.45, 2.75) is 77.2 Å². The minimum absolute atomic E-state index is 0.00340. The predicted octanol–water partition coefficient (Wildman–Crippen LogP) is 3.59. The highest BCUT2D eigenvalue weighted by atomic mass is 19.1. The molecule has 3 rings (SSSR count). The standard InChI is InChI=1S/C32H46F2N4O4/c1-5-10-38(11-6-2)32(41)24-14-21(3)13-23(18-24)31(40)37-29(17-22-15-25(33)19-26(34)16-22)30(39)28-20-27(7-8-36-28)42-12-9-35-4/h13-16,18-19,27-30,35-36,39H,5-12,17,20H2,1-4H3,(H,37,40)/t27-,28+,29-,30+/m0/s1. The highest BCUT2D eigenvalue weighted by Gasteiger charge is 2.34. The Kier molecular flexibility index (Phi) is 13.3. The molecule has 2 amide bonds. The van der Waals surface area contributed by atoms with Gasteiger partial charge in [-0.2, -0.15) is 0 Å². The van der Waals surface area contributed by atoms with E-state index in [-0.39, 0.29) is 24.0 Å². The first-order valence-electron chi connectivity index (χ1n) is 15.0. The van der Waals surface area contributed by atoms with Gasteiger partial charge in [0.15, 0.2) is 0 Å². The maximum absolute atomic E-state index is 14.0. The topological polar surface area (TPSA) is 103 Å². The lowest BCUT2D eigenvalue weighted by Gasteiger charge is -2.37. The van der Waals surface area contributed by atoms with Crippen LogP contribution >= 0.6 is 0 Å². The Balaban J connectivity index is 1.85. The van der Waals surface area contributed by atoms with E-state index in [0.29, 0.717) is 50.3 Å². The van der Waals surface area contributed by atoms with Crippen LogP contribution in [0.15, 0.2) is 36.4 Å². The van der Waals surface area contributed by atoms with E-state index in [4.69, 9.17) is 4.74 Å². The fourth-order valence-corrected chi connectivity index (χ4v) is 5.50. The minimum atomic E-state index is -1.08. The number of aliphatic hydroxyl groups is 1. The van der Waals surface area contributed by atoms with Gasteiger partial charge in [-0.05, 0) is 94.1 Å². The fraction of sp³-hybridized carbons (Fsp3) is 0.562. The molecule has 42 heavy (non-hydrogen) atoms. The summed E-state index contributed by atoms with van der Waals surface area (Å²) >= 11 is 0. The summed E-state index contributed by atoms with van der Waals surface area (Å²) in [6.07, 6.45) is 1.80. The fourth-order valence-electron chi connectivity index (χ4n) is 5.50. The second-order valence-corrected chi connectivity index (χ2v) is 11.1. The van der Waals surface area contributed by atoms with Crippen molar-refractivity contribution in [1.82, 2.24) is 20.9 Å². The number of aliphatic hydroxyl groups excluding tert-OH is 1. The number of hydrogen-bond acceptors (Lipinski definition) is 6. The van der Waals surface area contributed by atoms with Crippen LogP contribution in [0, 0.1) is 18.6 Å². The van der Waals surface area contributed by atoms with E-state index in [1.165, 1.54) is 12.1 Å². The quantitative estimate of drug-likeness (QED) is 0.237. The number of carbonyl (C=O) groups excluding carboxylic acids is 2. The van der Waals surface area contributed by atoms with Crippen molar-refractivity contribution in [3.05, 3.63) is 70.3 Å². The maximum Gasteiger partial charge on any atom is 0.253 e. The van der Waals surface area contributed by atoms with Crippen molar-refractivity contribution < 1.29 is 28.2 Å². The predicted molar refractivity (Wildman–Crippen MR) is 160 cm³/mol. The first-order chi connectivity index (χ1) is 20.1. The van der Waals surface area contributed by atoms with Gasteiger partial charge in [-0.3, -0.25) is 9.59 Å². The number of nitrogens with one attached hydrogen (secondary N) is 3. The van der Waals surface area contributed by atoms with Crippen LogP contribution in [-0.4, -0.2) is 85.9 Å².